The van der Waals surface area contributed by atoms with Gasteiger partial charge in [0.25, 0.3) is 0 Å². The number of rotatable bonds is 4. The standard InChI is InChI=1S/C15H26N2O3/c1-10-6-13(7-11(2)19-10)20-14-17-12(9-18-14)8-16-15(3,4)5/h9-11,13,16H,6-8H2,1-5H3. The lowest BCUT2D eigenvalue weighted by atomic mass is 10.0. The molecule has 1 saturated heterocycles. The number of aromatic nitrogens is 1. The summed E-state index contributed by atoms with van der Waals surface area (Å²) in [6.45, 7) is 11.2. The molecule has 1 aliphatic rings. The van der Waals surface area contributed by atoms with Gasteiger partial charge in [0.2, 0.25) is 0 Å². The van der Waals surface area contributed by atoms with E-state index in [1.165, 1.54) is 0 Å². The largest absolute Gasteiger partial charge is 0.447 e. The lowest BCUT2D eigenvalue weighted by Crippen LogP contribution is -2.36. The van der Waals surface area contributed by atoms with Gasteiger partial charge in [0.05, 0.1) is 17.9 Å². The molecular weight excluding hydrogens is 256 g/mol. The highest BCUT2D eigenvalue weighted by Crippen LogP contribution is 2.23. The molecule has 1 aromatic rings. The second kappa shape index (κ2) is 6.14. The lowest BCUT2D eigenvalue weighted by molar-refractivity contribution is -0.0772. The van der Waals surface area contributed by atoms with Gasteiger partial charge in [-0.25, -0.2) is 0 Å². The van der Waals surface area contributed by atoms with Crippen molar-refractivity contribution in [3.05, 3.63) is 12.0 Å². The summed E-state index contributed by atoms with van der Waals surface area (Å²) in [5.74, 6) is 0. The van der Waals surface area contributed by atoms with Crippen LogP contribution in [0.4, 0.5) is 0 Å². The number of hydrogen-bond donors (Lipinski definition) is 1. The van der Waals surface area contributed by atoms with E-state index in [4.69, 9.17) is 13.9 Å². The van der Waals surface area contributed by atoms with E-state index in [0.717, 1.165) is 18.5 Å². The molecular formula is C15H26N2O3. The van der Waals surface area contributed by atoms with E-state index in [1.54, 1.807) is 6.26 Å². The first-order valence-corrected chi connectivity index (χ1v) is 7.33. The van der Waals surface area contributed by atoms with Crippen LogP contribution in [0.15, 0.2) is 10.7 Å². The van der Waals surface area contributed by atoms with E-state index < -0.39 is 0 Å². The normalized spacial score (nSPS) is 27.6. The van der Waals surface area contributed by atoms with E-state index in [-0.39, 0.29) is 23.9 Å². The average Bonchev–Trinajstić information content (AvgIpc) is 2.72. The molecule has 0 spiro atoms. The van der Waals surface area contributed by atoms with Crippen molar-refractivity contribution >= 4 is 0 Å². The summed E-state index contributed by atoms with van der Waals surface area (Å²) in [5, 5.41) is 3.37. The lowest BCUT2D eigenvalue weighted by Gasteiger charge is -2.31. The van der Waals surface area contributed by atoms with Gasteiger partial charge in [-0.05, 0) is 34.6 Å². The first-order valence-electron chi connectivity index (χ1n) is 7.33. The predicted octanol–water partition coefficient (Wildman–Crippen LogP) is 2.90. The van der Waals surface area contributed by atoms with Crippen LogP contribution in [0.3, 0.4) is 0 Å². The second-order valence-electron chi connectivity index (χ2n) is 6.68. The molecule has 1 aromatic heterocycles. The molecule has 114 valence electrons. The Balaban J connectivity index is 1.86. The molecule has 2 atom stereocenters. The summed E-state index contributed by atoms with van der Waals surface area (Å²) in [7, 11) is 0. The molecule has 20 heavy (non-hydrogen) atoms. The first-order chi connectivity index (χ1) is 9.32. The van der Waals surface area contributed by atoms with Gasteiger partial charge < -0.3 is 19.2 Å². The Hall–Kier alpha value is -1.07. The fraction of sp³-hybridized carbons (Fsp3) is 0.800. The molecule has 2 heterocycles. The highest BCUT2D eigenvalue weighted by atomic mass is 16.6. The van der Waals surface area contributed by atoms with Crippen molar-refractivity contribution < 1.29 is 13.9 Å². The third-order valence-corrected chi connectivity index (χ3v) is 3.25. The summed E-state index contributed by atoms with van der Waals surface area (Å²) in [4.78, 5) is 4.37. The van der Waals surface area contributed by atoms with Gasteiger partial charge in [-0.15, -0.1) is 0 Å². The van der Waals surface area contributed by atoms with E-state index >= 15 is 0 Å². The highest BCUT2D eigenvalue weighted by Gasteiger charge is 2.27. The summed E-state index contributed by atoms with van der Waals surface area (Å²) >= 11 is 0. The average molecular weight is 282 g/mol. The van der Waals surface area contributed by atoms with Crippen LogP contribution < -0.4 is 10.1 Å². The monoisotopic (exact) mass is 282 g/mol. The maximum Gasteiger partial charge on any atom is 0.394 e. The van der Waals surface area contributed by atoms with Crippen molar-refractivity contribution in [2.75, 3.05) is 0 Å². The topological polar surface area (TPSA) is 56.5 Å². The van der Waals surface area contributed by atoms with E-state index in [2.05, 4.69) is 44.9 Å². The quantitative estimate of drug-likeness (QED) is 0.920. The molecule has 0 aliphatic carbocycles. The van der Waals surface area contributed by atoms with Crippen molar-refractivity contribution in [2.45, 2.75) is 77.9 Å². The van der Waals surface area contributed by atoms with Gasteiger partial charge in [-0.1, -0.05) is 0 Å². The molecule has 2 unspecified atom stereocenters. The van der Waals surface area contributed by atoms with Crippen molar-refractivity contribution in [2.24, 2.45) is 0 Å². The molecule has 5 heteroatoms. The van der Waals surface area contributed by atoms with Crippen molar-refractivity contribution in [1.82, 2.24) is 10.3 Å². The Bertz CT molecular complexity index is 415. The molecule has 0 amide bonds. The van der Waals surface area contributed by atoms with E-state index in [1.807, 2.05) is 0 Å². The van der Waals surface area contributed by atoms with Crippen LogP contribution >= 0.6 is 0 Å². The third-order valence-electron chi connectivity index (χ3n) is 3.25. The Morgan fingerprint density at radius 2 is 1.95 bits per heavy atom. The fourth-order valence-electron chi connectivity index (χ4n) is 2.36. The van der Waals surface area contributed by atoms with Crippen LogP contribution in [-0.2, 0) is 11.3 Å². The predicted molar refractivity (Wildman–Crippen MR) is 76.8 cm³/mol. The van der Waals surface area contributed by atoms with Crippen LogP contribution in [0.2, 0.25) is 0 Å². The van der Waals surface area contributed by atoms with Gasteiger partial charge in [-0.2, -0.15) is 4.98 Å². The maximum absolute atomic E-state index is 5.82. The number of ether oxygens (including phenoxy) is 2. The van der Waals surface area contributed by atoms with Gasteiger partial charge >= 0.3 is 6.08 Å². The van der Waals surface area contributed by atoms with Gasteiger partial charge in [0.15, 0.2) is 0 Å². The molecule has 0 bridgehead atoms. The zero-order valence-electron chi connectivity index (χ0n) is 13.1. The Morgan fingerprint density at radius 1 is 1.30 bits per heavy atom. The van der Waals surface area contributed by atoms with Crippen LogP contribution in [0.5, 0.6) is 6.08 Å². The molecule has 1 fully saturated rings. The van der Waals surface area contributed by atoms with Crippen molar-refractivity contribution in [3.63, 3.8) is 0 Å². The van der Waals surface area contributed by atoms with Gasteiger partial charge in [0, 0.05) is 24.9 Å². The highest BCUT2D eigenvalue weighted by molar-refractivity contribution is 5.01. The molecule has 1 N–H and O–H groups in total. The van der Waals surface area contributed by atoms with E-state index in [9.17, 15) is 0 Å². The molecule has 0 radical (unpaired) electrons. The number of nitrogens with zero attached hydrogens (tertiary/aromatic N) is 1. The fourth-order valence-corrected chi connectivity index (χ4v) is 2.36. The van der Waals surface area contributed by atoms with Crippen LogP contribution in [0, 0.1) is 0 Å². The minimum absolute atomic E-state index is 0.0611. The number of hydrogen-bond acceptors (Lipinski definition) is 5. The van der Waals surface area contributed by atoms with Gasteiger partial charge in [-0.3, -0.25) is 0 Å². The third kappa shape index (κ3) is 4.80. The van der Waals surface area contributed by atoms with Crippen molar-refractivity contribution in [1.29, 1.82) is 0 Å². The zero-order chi connectivity index (χ0) is 14.8. The minimum Gasteiger partial charge on any atom is -0.447 e. The summed E-state index contributed by atoms with van der Waals surface area (Å²) in [6.07, 6.45) is 4.34. The summed E-state index contributed by atoms with van der Waals surface area (Å²) < 4.78 is 16.9. The van der Waals surface area contributed by atoms with Crippen LogP contribution in [0.25, 0.3) is 0 Å². The summed E-state index contributed by atoms with van der Waals surface area (Å²) in [6, 6.07) is 0. The van der Waals surface area contributed by atoms with Crippen LogP contribution in [-0.4, -0.2) is 28.8 Å². The Labute approximate surface area is 121 Å². The SMILES string of the molecule is CC1CC(Oc2nc(CNC(C)(C)C)co2)CC(C)O1. The molecule has 0 aromatic carbocycles. The summed E-state index contributed by atoms with van der Waals surface area (Å²) in [5.41, 5.74) is 0.925. The number of oxazole rings is 1. The minimum atomic E-state index is 0.0611. The first kappa shape index (κ1) is 15.3. The van der Waals surface area contributed by atoms with Crippen molar-refractivity contribution in [3.8, 4) is 6.08 Å². The van der Waals surface area contributed by atoms with Gasteiger partial charge in [0.1, 0.15) is 12.4 Å². The van der Waals surface area contributed by atoms with E-state index in [0.29, 0.717) is 12.6 Å². The zero-order valence-corrected chi connectivity index (χ0v) is 13.1. The Kier molecular flexibility index (Phi) is 4.70. The maximum atomic E-state index is 5.82. The van der Waals surface area contributed by atoms with Crippen LogP contribution in [0.1, 0.15) is 53.2 Å². The Morgan fingerprint density at radius 3 is 2.55 bits per heavy atom. The second-order valence-corrected chi connectivity index (χ2v) is 6.68. The smallest absolute Gasteiger partial charge is 0.394 e. The number of nitrogens with one attached hydrogen (secondary N) is 1. The molecule has 5 nitrogen and oxygen atoms in total. The molecule has 2 rings (SSSR count). The molecule has 1 aliphatic heterocycles. The molecule has 0 saturated carbocycles.